The number of halogens is 1. The number of hydrogen-bond donors (Lipinski definition) is 1. The van der Waals surface area contributed by atoms with E-state index in [0.717, 1.165) is 88.1 Å². The molecule has 6 rings (SSSR count). The number of nitriles is 1. The van der Waals surface area contributed by atoms with Crippen molar-refractivity contribution < 1.29 is 13.9 Å². The average molecular weight is 578 g/mol. The van der Waals surface area contributed by atoms with Crippen LogP contribution < -0.4 is 15.9 Å². The van der Waals surface area contributed by atoms with Crippen LogP contribution in [0.5, 0.6) is 0 Å². The first-order valence-electron chi connectivity index (χ1n) is 13.6. The molecule has 0 amide bonds. The highest BCUT2D eigenvalue weighted by atomic mass is 32.1. The van der Waals surface area contributed by atoms with E-state index < -0.39 is 5.83 Å². The van der Waals surface area contributed by atoms with Crippen molar-refractivity contribution in [2.24, 2.45) is 11.3 Å². The van der Waals surface area contributed by atoms with Gasteiger partial charge in [0.2, 0.25) is 5.95 Å². The van der Waals surface area contributed by atoms with Crippen LogP contribution in [0, 0.1) is 22.7 Å². The lowest BCUT2D eigenvalue weighted by Crippen LogP contribution is -2.48. The predicted octanol–water partition coefficient (Wildman–Crippen LogP) is 5.71. The number of rotatable bonds is 5. The van der Waals surface area contributed by atoms with Gasteiger partial charge in [-0.15, -0.1) is 20.6 Å². The molecule has 2 fully saturated rings. The molecule has 0 saturated carbocycles. The van der Waals surface area contributed by atoms with Crippen molar-refractivity contribution in [3.05, 3.63) is 50.5 Å². The second-order valence-electron chi connectivity index (χ2n) is 11.1. The molecule has 3 aromatic rings. The average Bonchev–Trinajstić information content (AvgIpc) is 3.65. The molecule has 0 aliphatic carbocycles. The van der Waals surface area contributed by atoms with Crippen molar-refractivity contribution in [3.63, 3.8) is 0 Å². The van der Waals surface area contributed by atoms with Crippen molar-refractivity contribution in [2.75, 3.05) is 36.9 Å². The van der Waals surface area contributed by atoms with Crippen molar-refractivity contribution in [3.8, 4) is 6.07 Å². The lowest BCUT2D eigenvalue weighted by Gasteiger charge is -2.40. The number of thiophene rings is 1. The Labute approximate surface area is 240 Å². The second-order valence-corrected chi connectivity index (χ2v) is 12.7. The van der Waals surface area contributed by atoms with E-state index in [9.17, 15) is 5.26 Å². The molecule has 2 N–H and O–H groups in total. The first kappa shape index (κ1) is 27.3. The highest BCUT2D eigenvalue weighted by molar-refractivity contribution is 7.28. The number of anilines is 2. The summed E-state index contributed by atoms with van der Waals surface area (Å²) >= 11 is 1.12. The number of nitrogens with two attached hydrogens (primary N) is 1. The van der Waals surface area contributed by atoms with Crippen molar-refractivity contribution in [2.45, 2.75) is 47.3 Å². The monoisotopic (exact) mass is 577 g/mol. The number of nitrogen functional groups attached to an aromatic ring is 1. The van der Waals surface area contributed by atoms with Crippen LogP contribution in [-0.2, 0) is 22.7 Å². The van der Waals surface area contributed by atoms with Gasteiger partial charge in [0.1, 0.15) is 16.9 Å². The van der Waals surface area contributed by atoms with Crippen molar-refractivity contribution >= 4 is 59.1 Å². The molecule has 2 atom stereocenters. The minimum Gasteiger partial charge on any atom is -0.389 e. The first-order chi connectivity index (χ1) is 19.2. The molecular weight excluding hydrogens is 544 g/mol. The van der Waals surface area contributed by atoms with E-state index in [1.807, 2.05) is 13.1 Å². The smallest absolute Gasteiger partial charge is 0.225 e. The van der Waals surface area contributed by atoms with E-state index in [1.165, 1.54) is 6.08 Å². The Morgan fingerprint density at radius 3 is 2.70 bits per heavy atom. The molecule has 40 heavy (non-hydrogen) atoms. The Morgan fingerprint density at radius 2 is 2.08 bits per heavy atom. The second kappa shape index (κ2) is 10.2. The fourth-order valence-corrected chi connectivity index (χ4v) is 7.78. The summed E-state index contributed by atoms with van der Waals surface area (Å²) < 4.78 is 26.9. The van der Waals surface area contributed by atoms with Gasteiger partial charge in [-0.2, -0.15) is 5.26 Å². The fraction of sp³-hybridized carbons (Fsp3) is 0.433. The van der Waals surface area contributed by atoms with Gasteiger partial charge in [-0.25, -0.2) is 14.4 Å². The predicted molar refractivity (Wildman–Crippen MR) is 162 cm³/mol. The maximum absolute atomic E-state index is 15.3. The Morgan fingerprint density at radius 1 is 1.32 bits per heavy atom. The summed E-state index contributed by atoms with van der Waals surface area (Å²) in [7, 11) is 2.89. The Hall–Kier alpha value is -2.89. The van der Waals surface area contributed by atoms with Gasteiger partial charge in [-0.3, -0.25) is 0 Å². The minimum atomic E-state index is -0.393. The molecule has 2 unspecified atom stereocenters. The lowest BCUT2D eigenvalue weighted by atomic mass is 9.77. The number of allylic oxidation sites excluding steroid dienone is 2. The van der Waals surface area contributed by atoms with Crippen LogP contribution in [0.1, 0.15) is 66.8 Å². The third kappa shape index (κ3) is 4.00. The maximum atomic E-state index is 15.3. The van der Waals surface area contributed by atoms with Crippen molar-refractivity contribution in [1.29, 1.82) is 5.26 Å². The molecule has 1 spiro atoms. The van der Waals surface area contributed by atoms with Crippen LogP contribution in [0.15, 0.2) is 17.8 Å². The van der Waals surface area contributed by atoms with Crippen molar-refractivity contribution in [1.82, 2.24) is 9.97 Å². The van der Waals surface area contributed by atoms with Crippen LogP contribution in [-0.4, -0.2) is 36.3 Å². The van der Waals surface area contributed by atoms with E-state index in [-0.39, 0.29) is 5.41 Å². The van der Waals surface area contributed by atoms with Gasteiger partial charge in [0, 0.05) is 41.0 Å². The summed E-state index contributed by atoms with van der Waals surface area (Å²) in [6.45, 7) is 12.2. The SMILES string of the molecule is C/C=C(/F)c1sc(N)c(C#N)c1/C(=C(\C)CC)c1c2c(c3cnc(N4CC(C)C5(COC5)C4)nc3c1P)COC2. The Balaban J connectivity index is 1.60. The third-order valence-corrected chi connectivity index (χ3v) is 10.5. The molecule has 2 aromatic heterocycles. The van der Waals surface area contributed by atoms with Gasteiger partial charge in [0.05, 0.1) is 42.4 Å². The molecule has 0 radical (unpaired) electrons. The zero-order valence-electron chi connectivity index (χ0n) is 23.2. The number of hydrogen-bond acceptors (Lipinski definition) is 8. The molecule has 3 aliphatic heterocycles. The largest absolute Gasteiger partial charge is 0.389 e. The zero-order valence-corrected chi connectivity index (χ0v) is 25.2. The summed E-state index contributed by atoms with van der Waals surface area (Å²) in [4.78, 5) is 12.6. The number of nitrogens with zero attached hydrogens (tertiary/aromatic N) is 4. The van der Waals surface area contributed by atoms with E-state index >= 15 is 4.39 Å². The Kier molecular flexibility index (Phi) is 6.95. The summed E-state index contributed by atoms with van der Waals surface area (Å²) in [5.74, 6) is 0.804. The van der Waals surface area contributed by atoms with Crippen LogP contribution in [0.2, 0.25) is 0 Å². The number of fused-ring (bicyclic) bond motifs is 3. The van der Waals surface area contributed by atoms with E-state index in [4.69, 9.17) is 25.2 Å². The van der Waals surface area contributed by atoms with Crippen LogP contribution in [0.25, 0.3) is 22.3 Å². The van der Waals surface area contributed by atoms with Gasteiger partial charge in [-0.1, -0.05) is 25.5 Å². The third-order valence-electron chi connectivity index (χ3n) is 8.87. The molecule has 3 aliphatic rings. The first-order valence-corrected chi connectivity index (χ1v) is 15.0. The molecule has 1 aromatic carbocycles. The topological polar surface area (TPSA) is 97.3 Å². The lowest BCUT2D eigenvalue weighted by molar-refractivity contribution is -0.120. The Bertz CT molecular complexity index is 1650. The summed E-state index contributed by atoms with van der Waals surface area (Å²) in [6.07, 6.45) is 4.05. The molecular formula is C30H33FN5O2PS. The van der Waals surface area contributed by atoms with Gasteiger partial charge in [0.25, 0.3) is 0 Å². The number of benzene rings is 1. The standard InChI is InChI=1S/C30H33FN5O2PS/c1-5-15(3)22(24-17(7-32)28(33)40-27(24)21(31)6-2)23-20-11-37-10-19(20)18-8-34-29(35-25(18)26(23)39)36-9-16(4)30(12-36)13-38-14-30/h6,8,16H,5,9-14,33,39H2,1-4H3/b21-6+,22-15+. The molecule has 2 saturated heterocycles. The normalized spacial score (nSPS) is 20.6. The molecule has 7 nitrogen and oxygen atoms in total. The van der Waals surface area contributed by atoms with E-state index in [2.05, 4.69) is 34.1 Å². The van der Waals surface area contributed by atoms with Gasteiger partial charge in [-0.05, 0) is 48.4 Å². The molecule has 5 heterocycles. The fourth-order valence-electron chi connectivity index (χ4n) is 6.25. The molecule has 208 valence electrons. The van der Waals surface area contributed by atoms with Crippen LogP contribution in [0.3, 0.4) is 0 Å². The van der Waals surface area contributed by atoms with Crippen LogP contribution >= 0.6 is 20.6 Å². The molecule has 10 heteroatoms. The van der Waals surface area contributed by atoms with Gasteiger partial charge in [0.15, 0.2) is 0 Å². The number of ether oxygens (including phenoxy) is 2. The maximum Gasteiger partial charge on any atom is 0.225 e. The van der Waals surface area contributed by atoms with E-state index in [1.54, 1.807) is 6.92 Å². The summed E-state index contributed by atoms with van der Waals surface area (Å²) in [6, 6.07) is 2.26. The summed E-state index contributed by atoms with van der Waals surface area (Å²) in [5.41, 5.74) is 13.0. The van der Waals surface area contributed by atoms with E-state index in [0.29, 0.717) is 46.1 Å². The highest BCUT2D eigenvalue weighted by Crippen LogP contribution is 2.47. The van der Waals surface area contributed by atoms with Gasteiger partial charge >= 0.3 is 0 Å². The summed E-state index contributed by atoms with van der Waals surface area (Å²) in [5, 5.41) is 12.3. The number of aromatic nitrogens is 2. The minimum absolute atomic E-state index is 0.174. The van der Waals surface area contributed by atoms with Crippen LogP contribution in [0.4, 0.5) is 15.3 Å². The molecule has 0 bridgehead atoms. The highest BCUT2D eigenvalue weighted by Gasteiger charge is 2.50. The van der Waals surface area contributed by atoms with Gasteiger partial charge < -0.3 is 20.1 Å². The quantitative estimate of drug-likeness (QED) is 0.388. The zero-order chi connectivity index (χ0) is 28.3.